The minimum Gasteiger partial charge on any atom is -0.394 e. The second-order valence-electron chi connectivity index (χ2n) is 6.10. The largest absolute Gasteiger partial charge is 0.394 e. The first-order valence-electron chi connectivity index (χ1n) is 8.08. The average molecular weight is 362 g/mol. The van der Waals surface area contributed by atoms with Gasteiger partial charge < -0.3 is 9.67 Å². The van der Waals surface area contributed by atoms with Gasteiger partial charge in [0.05, 0.1) is 29.2 Å². The standard InChI is InChI=1S/C18H20ClN3O3/c1-4-13(10-23)22-9-14-15(17(24)21(3)18(25)20(14)2)16(22)11-5-7-12(19)8-6-11/h5-9,13,23H,4,10H2,1-3H3/t13-/m0/s1. The second-order valence-corrected chi connectivity index (χ2v) is 6.54. The highest BCUT2D eigenvalue weighted by Gasteiger charge is 2.22. The van der Waals surface area contributed by atoms with Crippen LogP contribution in [0.25, 0.3) is 22.2 Å². The van der Waals surface area contributed by atoms with Crippen molar-refractivity contribution in [3.8, 4) is 11.3 Å². The molecule has 3 rings (SSSR count). The Labute approximate surface area is 149 Å². The summed E-state index contributed by atoms with van der Waals surface area (Å²) in [6.45, 7) is 1.90. The predicted octanol–water partition coefficient (Wildman–Crippen LogP) is 2.30. The average Bonchev–Trinajstić information content (AvgIpc) is 3.00. The Bertz CT molecular complexity index is 1040. The third-order valence-corrected chi connectivity index (χ3v) is 4.91. The zero-order valence-corrected chi connectivity index (χ0v) is 15.1. The van der Waals surface area contributed by atoms with Crippen molar-refractivity contribution in [2.75, 3.05) is 6.61 Å². The highest BCUT2D eigenvalue weighted by Crippen LogP contribution is 2.32. The van der Waals surface area contributed by atoms with Crippen molar-refractivity contribution in [2.45, 2.75) is 19.4 Å². The summed E-state index contributed by atoms with van der Waals surface area (Å²) in [7, 11) is 3.11. The van der Waals surface area contributed by atoms with Gasteiger partial charge in [-0.3, -0.25) is 13.9 Å². The number of hydrogen-bond acceptors (Lipinski definition) is 3. The summed E-state index contributed by atoms with van der Waals surface area (Å²) >= 11 is 5.99. The van der Waals surface area contributed by atoms with Crippen molar-refractivity contribution in [2.24, 2.45) is 14.1 Å². The summed E-state index contributed by atoms with van der Waals surface area (Å²) in [5.41, 5.74) is 1.31. The van der Waals surface area contributed by atoms with Gasteiger partial charge in [-0.1, -0.05) is 30.7 Å². The zero-order valence-electron chi connectivity index (χ0n) is 14.4. The summed E-state index contributed by atoms with van der Waals surface area (Å²) in [5, 5.41) is 10.8. The Morgan fingerprint density at radius 1 is 1.12 bits per heavy atom. The van der Waals surface area contributed by atoms with E-state index in [-0.39, 0.29) is 23.9 Å². The van der Waals surface area contributed by atoms with Gasteiger partial charge in [0.25, 0.3) is 5.56 Å². The lowest BCUT2D eigenvalue weighted by Crippen LogP contribution is -2.36. The van der Waals surface area contributed by atoms with E-state index in [0.717, 1.165) is 10.1 Å². The van der Waals surface area contributed by atoms with E-state index in [9.17, 15) is 14.7 Å². The van der Waals surface area contributed by atoms with Gasteiger partial charge in [0.1, 0.15) is 0 Å². The predicted molar refractivity (Wildman–Crippen MR) is 99.3 cm³/mol. The van der Waals surface area contributed by atoms with Crippen LogP contribution in [0.15, 0.2) is 40.1 Å². The number of aryl methyl sites for hydroxylation is 1. The van der Waals surface area contributed by atoms with Crippen molar-refractivity contribution < 1.29 is 5.11 Å². The van der Waals surface area contributed by atoms with E-state index >= 15 is 0 Å². The Morgan fingerprint density at radius 2 is 1.76 bits per heavy atom. The number of nitrogens with zero attached hydrogens (tertiary/aromatic N) is 3. The van der Waals surface area contributed by atoms with E-state index in [2.05, 4.69) is 0 Å². The molecular formula is C18H20ClN3O3. The zero-order chi connectivity index (χ0) is 18.3. The van der Waals surface area contributed by atoms with Crippen LogP contribution >= 0.6 is 11.6 Å². The number of aliphatic hydroxyl groups excluding tert-OH is 1. The molecule has 0 aliphatic carbocycles. The SMILES string of the molecule is CC[C@@H](CO)n1cc2c(c1-c1ccc(Cl)cc1)c(=O)n(C)c(=O)n2C. The van der Waals surface area contributed by atoms with Crippen molar-refractivity contribution in [3.63, 3.8) is 0 Å². The molecule has 0 unspecified atom stereocenters. The summed E-state index contributed by atoms with van der Waals surface area (Å²) in [5.74, 6) is 0. The van der Waals surface area contributed by atoms with E-state index in [1.54, 1.807) is 25.4 Å². The van der Waals surface area contributed by atoms with E-state index in [4.69, 9.17) is 11.6 Å². The van der Waals surface area contributed by atoms with Crippen LogP contribution in [0, 0.1) is 0 Å². The summed E-state index contributed by atoms with van der Waals surface area (Å²) in [6.07, 6.45) is 2.46. The Hall–Kier alpha value is -2.31. The van der Waals surface area contributed by atoms with Crippen LogP contribution in [0.3, 0.4) is 0 Å². The molecule has 1 atom stereocenters. The molecule has 2 heterocycles. The lowest BCUT2D eigenvalue weighted by molar-refractivity contribution is 0.226. The monoisotopic (exact) mass is 361 g/mol. The van der Waals surface area contributed by atoms with Crippen LogP contribution in [0.4, 0.5) is 0 Å². The molecule has 1 aromatic carbocycles. The first-order chi connectivity index (χ1) is 11.9. The molecular weight excluding hydrogens is 342 g/mol. The van der Waals surface area contributed by atoms with Crippen LogP contribution in [0.1, 0.15) is 19.4 Å². The van der Waals surface area contributed by atoms with Crippen molar-refractivity contribution in [3.05, 3.63) is 56.3 Å². The molecule has 0 aliphatic heterocycles. The number of aliphatic hydroxyl groups is 1. The minimum absolute atomic E-state index is 0.0632. The molecule has 0 fully saturated rings. The maximum absolute atomic E-state index is 12.8. The molecule has 0 saturated heterocycles. The lowest BCUT2D eigenvalue weighted by Gasteiger charge is -2.18. The molecule has 0 aliphatic rings. The van der Waals surface area contributed by atoms with Gasteiger partial charge in [0.15, 0.2) is 0 Å². The minimum atomic E-state index is -0.380. The third kappa shape index (κ3) is 2.71. The van der Waals surface area contributed by atoms with Gasteiger partial charge in [0.2, 0.25) is 0 Å². The Kier molecular flexibility index (Phi) is 4.58. The van der Waals surface area contributed by atoms with E-state index in [0.29, 0.717) is 28.0 Å². The third-order valence-electron chi connectivity index (χ3n) is 4.66. The topological polar surface area (TPSA) is 69.2 Å². The molecule has 6 nitrogen and oxygen atoms in total. The van der Waals surface area contributed by atoms with Crippen molar-refractivity contribution in [1.29, 1.82) is 0 Å². The van der Waals surface area contributed by atoms with Gasteiger partial charge in [-0.2, -0.15) is 0 Å². The number of benzene rings is 1. The molecule has 0 amide bonds. The lowest BCUT2D eigenvalue weighted by atomic mass is 10.1. The number of halogens is 1. The molecule has 0 bridgehead atoms. The summed E-state index contributed by atoms with van der Waals surface area (Å²) in [6, 6.07) is 6.99. The van der Waals surface area contributed by atoms with E-state index in [1.807, 2.05) is 23.6 Å². The van der Waals surface area contributed by atoms with E-state index < -0.39 is 0 Å². The first-order valence-corrected chi connectivity index (χ1v) is 8.45. The van der Waals surface area contributed by atoms with Crippen molar-refractivity contribution >= 4 is 22.5 Å². The molecule has 0 radical (unpaired) electrons. The Morgan fingerprint density at radius 3 is 2.32 bits per heavy atom. The number of fused-ring (bicyclic) bond motifs is 1. The smallest absolute Gasteiger partial charge is 0.330 e. The van der Waals surface area contributed by atoms with Crippen LogP contribution in [0.2, 0.25) is 5.02 Å². The molecule has 132 valence electrons. The van der Waals surface area contributed by atoms with Gasteiger partial charge in [-0.05, 0) is 24.1 Å². The quantitative estimate of drug-likeness (QED) is 0.775. The van der Waals surface area contributed by atoms with Crippen LogP contribution in [0.5, 0.6) is 0 Å². The summed E-state index contributed by atoms with van der Waals surface area (Å²) < 4.78 is 4.44. The fraction of sp³-hybridized carbons (Fsp3) is 0.333. The van der Waals surface area contributed by atoms with Gasteiger partial charge in [-0.15, -0.1) is 0 Å². The maximum Gasteiger partial charge on any atom is 0.330 e. The Balaban J connectivity index is 2.50. The number of aromatic nitrogens is 3. The van der Waals surface area contributed by atoms with Gasteiger partial charge >= 0.3 is 5.69 Å². The molecule has 7 heteroatoms. The van der Waals surface area contributed by atoms with Gasteiger partial charge in [0, 0.05) is 25.3 Å². The molecule has 1 N–H and O–H groups in total. The van der Waals surface area contributed by atoms with E-state index in [1.165, 1.54) is 11.6 Å². The molecule has 2 aromatic heterocycles. The van der Waals surface area contributed by atoms with Crippen molar-refractivity contribution in [1.82, 2.24) is 13.7 Å². The number of rotatable bonds is 4. The fourth-order valence-electron chi connectivity index (χ4n) is 3.16. The normalized spacial score (nSPS) is 12.7. The molecule has 0 spiro atoms. The highest BCUT2D eigenvalue weighted by atomic mass is 35.5. The molecule has 3 aromatic rings. The van der Waals surface area contributed by atoms with Crippen LogP contribution in [-0.4, -0.2) is 25.4 Å². The van der Waals surface area contributed by atoms with Gasteiger partial charge in [-0.25, -0.2) is 4.79 Å². The van der Waals surface area contributed by atoms with Crippen LogP contribution < -0.4 is 11.2 Å². The fourth-order valence-corrected chi connectivity index (χ4v) is 3.29. The highest BCUT2D eigenvalue weighted by molar-refractivity contribution is 6.30. The molecule has 25 heavy (non-hydrogen) atoms. The summed E-state index contributed by atoms with van der Waals surface area (Å²) in [4.78, 5) is 25.1. The number of hydrogen-bond donors (Lipinski definition) is 1. The van der Waals surface area contributed by atoms with Crippen LogP contribution in [-0.2, 0) is 14.1 Å². The second kappa shape index (κ2) is 6.54. The first kappa shape index (κ1) is 17.5. The molecule has 0 saturated carbocycles. The maximum atomic E-state index is 12.8.